The SMILES string of the molecule is CCn1cc(C(=O)O)c(=O)c2cc(F)c(N3CCN(C(OCC(C)(C)C)OCC(C)(C)C)CC3)cc21. The van der Waals surface area contributed by atoms with Gasteiger partial charge in [0.1, 0.15) is 11.4 Å². The average Bonchev–Trinajstić information content (AvgIpc) is 2.78. The van der Waals surface area contributed by atoms with Crippen LogP contribution in [0.4, 0.5) is 10.1 Å². The summed E-state index contributed by atoms with van der Waals surface area (Å²) in [6.07, 6.45) is 0.850. The zero-order valence-corrected chi connectivity index (χ0v) is 22.6. The number of carboxylic acid groups (broad SMARTS) is 1. The normalized spacial score (nSPS) is 15.8. The molecule has 0 atom stereocenters. The molecule has 1 aliphatic rings. The van der Waals surface area contributed by atoms with Crippen LogP contribution in [0.5, 0.6) is 0 Å². The van der Waals surface area contributed by atoms with Gasteiger partial charge in [0, 0.05) is 44.3 Å². The zero-order valence-electron chi connectivity index (χ0n) is 22.6. The second-order valence-electron chi connectivity index (χ2n) is 11.9. The van der Waals surface area contributed by atoms with E-state index in [2.05, 4.69) is 46.4 Å². The highest BCUT2D eigenvalue weighted by Gasteiger charge is 2.29. The van der Waals surface area contributed by atoms with Gasteiger partial charge in [0.25, 0.3) is 0 Å². The number of aromatic nitrogens is 1. The molecule has 200 valence electrons. The van der Waals surface area contributed by atoms with Gasteiger partial charge in [-0.25, -0.2) is 9.18 Å². The summed E-state index contributed by atoms with van der Waals surface area (Å²) in [4.78, 5) is 28.2. The number of fused-ring (bicyclic) bond motifs is 1. The summed E-state index contributed by atoms with van der Waals surface area (Å²) in [5.74, 6) is -1.86. The van der Waals surface area contributed by atoms with Crippen LogP contribution in [0.1, 0.15) is 58.8 Å². The Kier molecular flexibility index (Phi) is 8.48. The van der Waals surface area contributed by atoms with Crippen molar-refractivity contribution in [1.82, 2.24) is 9.47 Å². The van der Waals surface area contributed by atoms with Gasteiger partial charge in [0.05, 0.1) is 24.4 Å². The Balaban J connectivity index is 1.82. The van der Waals surface area contributed by atoms with Crippen molar-refractivity contribution in [3.05, 3.63) is 39.9 Å². The van der Waals surface area contributed by atoms with Crippen molar-refractivity contribution in [2.45, 2.75) is 61.4 Å². The van der Waals surface area contributed by atoms with E-state index in [1.807, 2.05) is 11.8 Å². The number of aryl methyl sites for hydroxylation is 1. The third kappa shape index (κ3) is 6.83. The van der Waals surface area contributed by atoms with E-state index < -0.39 is 23.6 Å². The van der Waals surface area contributed by atoms with Crippen LogP contribution >= 0.6 is 0 Å². The van der Waals surface area contributed by atoms with E-state index in [0.29, 0.717) is 57.1 Å². The maximum Gasteiger partial charge on any atom is 0.341 e. The number of nitrogens with zero attached hydrogens (tertiary/aromatic N) is 3. The van der Waals surface area contributed by atoms with Crippen LogP contribution < -0.4 is 10.3 Å². The van der Waals surface area contributed by atoms with Crippen LogP contribution in [-0.2, 0) is 16.0 Å². The lowest BCUT2D eigenvalue weighted by Gasteiger charge is -2.41. The number of anilines is 1. The Bertz CT molecular complexity index is 1120. The van der Waals surface area contributed by atoms with E-state index in [1.165, 1.54) is 12.3 Å². The second-order valence-corrected chi connectivity index (χ2v) is 11.9. The molecule has 9 heteroatoms. The molecule has 0 unspecified atom stereocenters. The monoisotopic (exact) mass is 505 g/mol. The Hall–Kier alpha value is -2.49. The lowest BCUT2D eigenvalue weighted by Crippen LogP contribution is -2.53. The van der Waals surface area contributed by atoms with E-state index in [0.717, 1.165) is 0 Å². The molecule has 0 saturated carbocycles. The molecule has 1 fully saturated rings. The molecule has 0 bridgehead atoms. The van der Waals surface area contributed by atoms with E-state index >= 15 is 4.39 Å². The number of halogens is 1. The summed E-state index contributed by atoms with van der Waals surface area (Å²) in [5.41, 5.74) is -0.126. The Morgan fingerprint density at radius 2 is 1.58 bits per heavy atom. The fraction of sp³-hybridized carbons (Fsp3) is 0.630. The van der Waals surface area contributed by atoms with Crippen LogP contribution in [0.2, 0.25) is 0 Å². The van der Waals surface area contributed by atoms with Crippen LogP contribution in [0.15, 0.2) is 23.1 Å². The maximum absolute atomic E-state index is 15.2. The predicted octanol–water partition coefficient (Wildman–Crippen LogP) is 4.39. The first-order chi connectivity index (χ1) is 16.7. The predicted molar refractivity (Wildman–Crippen MR) is 139 cm³/mol. The van der Waals surface area contributed by atoms with Crippen molar-refractivity contribution in [2.75, 3.05) is 44.3 Å². The third-order valence-electron chi connectivity index (χ3n) is 5.99. The number of carbonyl (C=O) groups is 1. The van der Waals surface area contributed by atoms with Crippen molar-refractivity contribution in [3.8, 4) is 0 Å². The van der Waals surface area contributed by atoms with Gasteiger partial charge in [0.15, 0.2) is 0 Å². The van der Waals surface area contributed by atoms with Crippen LogP contribution in [-0.4, -0.2) is 66.3 Å². The van der Waals surface area contributed by atoms with Gasteiger partial charge >= 0.3 is 5.97 Å². The van der Waals surface area contributed by atoms with Gasteiger partial charge in [-0.3, -0.25) is 9.69 Å². The summed E-state index contributed by atoms with van der Waals surface area (Å²) in [5, 5.41) is 9.44. The third-order valence-corrected chi connectivity index (χ3v) is 5.99. The van der Waals surface area contributed by atoms with Crippen LogP contribution in [0.25, 0.3) is 10.9 Å². The number of rotatable bonds is 8. The highest BCUT2D eigenvalue weighted by molar-refractivity contribution is 5.93. The van der Waals surface area contributed by atoms with Gasteiger partial charge in [-0.1, -0.05) is 41.5 Å². The maximum atomic E-state index is 15.2. The summed E-state index contributed by atoms with van der Waals surface area (Å²) in [6.45, 7) is 18.4. The first kappa shape index (κ1) is 28.1. The minimum atomic E-state index is -1.32. The molecule has 1 saturated heterocycles. The average molecular weight is 506 g/mol. The standard InChI is InChI=1S/C27H40FN3O5/c1-8-29-15-19(24(33)34)23(32)18-13-20(28)22(14-21(18)29)30-9-11-31(12-10-30)25(35-16-26(2,3)4)36-17-27(5,6)7/h13-15,25H,8-12,16-17H2,1-7H3,(H,33,34). The molecule has 0 amide bonds. The van der Waals surface area contributed by atoms with Gasteiger partial charge in [-0.15, -0.1) is 0 Å². The largest absolute Gasteiger partial charge is 0.477 e. The van der Waals surface area contributed by atoms with Crippen molar-refractivity contribution >= 4 is 22.6 Å². The Morgan fingerprint density at radius 1 is 1.03 bits per heavy atom. The Labute approximate surface area is 212 Å². The first-order valence-electron chi connectivity index (χ1n) is 12.5. The molecule has 0 aliphatic carbocycles. The molecule has 1 N–H and O–H groups in total. The lowest BCUT2D eigenvalue weighted by atomic mass is 9.98. The molecule has 0 radical (unpaired) electrons. The lowest BCUT2D eigenvalue weighted by molar-refractivity contribution is -0.243. The summed E-state index contributed by atoms with van der Waals surface area (Å²) in [6, 6.07) is 2.82. The van der Waals surface area contributed by atoms with Gasteiger partial charge in [0.2, 0.25) is 11.8 Å². The van der Waals surface area contributed by atoms with Crippen LogP contribution in [0, 0.1) is 16.6 Å². The zero-order chi connectivity index (χ0) is 26.8. The van der Waals surface area contributed by atoms with Crippen molar-refractivity contribution in [2.24, 2.45) is 10.8 Å². The summed E-state index contributed by atoms with van der Waals surface area (Å²) >= 11 is 0. The second kappa shape index (κ2) is 10.9. The molecular formula is C27H40FN3O5. The van der Waals surface area contributed by atoms with Gasteiger partial charge in [-0.2, -0.15) is 0 Å². The van der Waals surface area contributed by atoms with Gasteiger partial charge < -0.3 is 24.0 Å². The number of hydrogen-bond acceptors (Lipinski definition) is 6. The number of carboxylic acids is 1. The molecule has 1 aromatic heterocycles. The smallest absolute Gasteiger partial charge is 0.341 e. The molecule has 36 heavy (non-hydrogen) atoms. The molecule has 3 rings (SSSR count). The number of hydrogen-bond donors (Lipinski definition) is 1. The van der Waals surface area contributed by atoms with E-state index in [-0.39, 0.29) is 21.8 Å². The number of aromatic carboxylic acids is 1. The molecular weight excluding hydrogens is 465 g/mol. The van der Waals surface area contributed by atoms with Gasteiger partial charge in [-0.05, 0) is 29.9 Å². The summed E-state index contributed by atoms with van der Waals surface area (Å²) in [7, 11) is 0. The first-order valence-corrected chi connectivity index (χ1v) is 12.5. The number of benzene rings is 1. The fourth-order valence-corrected chi connectivity index (χ4v) is 4.13. The highest BCUT2D eigenvalue weighted by atomic mass is 19.1. The minimum absolute atomic E-state index is 0.00500. The fourth-order valence-electron chi connectivity index (χ4n) is 4.13. The van der Waals surface area contributed by atoms with Crippen molar-refractivity contribution in [1.29, 1.82) is 0 Å². The molecule has 1 aromatic carbocycles. The quantitative estimate of drug-likeness (QED) is 0.533. The van der Waals surface area contributed by atoms with E-state index in [9.17, 15) is 14.7 Å². The molecule has 0 spiro atoms. The summed E-state index contributed by atoms with van der Waals surface area (Å²) < 4.78 is 29.2. The highest BCUT2D eigenvalue weighted by Crippen LogP contribution is 2.27. The molecule has 2 aromatic rings. The Morgan fingerprint density at radius 3 is 2.06 bits per heavy atom. The van der Waals surface area contributed by atoms with E-state index in [4.69, 9.17) is 9.47 Å². The number of pyridine rings is 1. The molecule has 1 aliphatic heterocycles. The molecule has 8 nitrogen and oxygen atoms in total. The minimum Gasteiger partial charge on any atom is -0.477 e. The topological polar surface area (TPSA) is 84.2 Å². The van der Waals surface area contributed by atoms with Crippen molar-refractivity contribution < 1.29 is 23.8 Å². The van der Waals surface area contributed by atoms with E-state index in [1.54, 1.807) is 10.6 Å². The van der Waals surface area contributed by atoms with Crippen molar-refractivity contribution in [3.63, 3.8) is 0 Å². The number of ether oxygens (including phenoxy) is 2. The molecule has 2 heterocycles. The van der Waals surface area contributed by atoms with Crippen LogP contribution in [0.3, 0.4) is 0 Å². The number of piperazine rings is 1.